The van der Waals surface area contributed by atoms with Gasteiger partial charge in [0.2, 0.25) is 0 Å². The van der Waals surface area contributed by atoms with Crippen LogP contribution in [0, 0.1) is 0 Å². The Morgan fingerprint density at radius 3 is 2.73 bits per heavy atom. The second-order valence-corrected chi connectivity index (χ2v) is 2.48. The number of allylic oxidation sites excluding steroid dienone is 3. The maximum atomic E-state index is 10.9. The van der Waals surface area contributed by atoms with E-state index in [1.54, 1.807) is 13.0 Å². The molecule has 0 aromatic carbocycles. The van der Waals surface area contributed by atoms with Crippen molar-refractivity contribution in [3.63, 3.8) is 0 Å². The van der Waals surface area contributed by atoms with E-state index in [0.717, 1.165) is 6.08 Å². The van der Waals surface area contributed by atoms with Gasteiger partial charge >= 0.3 is 5.97 Å². The molecule has 0 saturated carbocycles. The van der Waals surface area contributed by atoms with Crippen LogP contribution in [0.2, 0.25) is 0 Å². The van der Waals surface area contributed by atoms with E-state index in [1.807, 2.05) is 0 Å². The fourth-order valence-corrected chi connectivity index (χ4v) is 0.986. The molecule has 0 fully saturated rings. The number of carbonyl (C=O) groups excluding carboxylic acids is 1. The van der Waals surface area contributed by atoms with Gasteiger partial charge in [-0.1, -0.05) is 6.08 Å². The summed E-state index contributed by atoms with van der Waals surface area (Å²) in [6.45, 7) is 1.69. The Kier molecular flexibility index (Phi) is 1.89. The first-order chi connectivity index (χ1) is 5.09. The molecule has 11 heavy (non-hydrogen) atoms. The number of ketones is 1. The van der Waals surface area contributed by atoms with Crippen molar-refractivity contribution in [1.82, 2.24) is 0 Å². The van der Waals surface area contributed by atoms with Crippen molar-refractivity contribution in [3.05, 3.63) is 23.3 Å². The summed E-state index contributed by atoms with van der Waals surface area (Å²) in [7, 11) is 0. The zero-order valence-electron chi connectivity index (χ0n) is 6.13. The van der Waals surface area contributed by atoms with E-state index < -0.39 is 5.97 Å². The molecule has 3 nitrogen and oxygen atoms in total. The SMILES string of the molecule is CC1=C/C(=C/C(=O)O)CC1=O. The quantitative estimate of drug-likeness (QED) is 0.568. The summed E-state index contributed by atoms with van der Waals surface area (Å²) in [5.74, 6) is -0.990. The molecule has 0 aliphatic heterocycles. The monoisotopic (exact) mass is 152 g/mol. The Morgan fingerprint density at radius 1 is 1.73 bits per heavy atom. The molecule has 0 radical (unpaired) electrons. The number of Topliss-reactive ketones (excluding diaryl/α,β-unsaturated/α-hetero) is 1. The number of hydrogen-bond donors (Lipinski definition) is 1. The molecule has 0 heterocycles. The summed E-state index contributed by atoms with van der Waals surface area (Å²) < 4.78 is 0. The first-order valence-electron chi connectivity index (χ1n) is 3.24. The number of carboxylic acids is 1. The highest BCUT2D eigenvalue weighted by molar-refractivity contribution is 6.01. The summed E-state index contributed by atoms with van der Waals surface area (Å²) >= 11 is 0. The summed E-state index contributed by atoms with van der Waals surface area (Å²) in [5, 5.41) is 8.33. The van der Waals surface area contributed by atoms with Crippen molar-refractivity contribution < 1.29 is 14.7 Å². The van der Waals surface area contributed by atoms with Gasteiger partial charge < -0.3 is 5.11 Å². The van der Waals surface area contributed by atoms with Gasteiger partial charge in [0.25, 0.3) is 0 Å². The lowest BCUT2D eigenvalue weighted by Gasteiger charge is -1.86. The Labute approximate surface area is 64.0 Å². The molecular weight excluding hydrogens is 144 g/mol. The summed E-state index contributed by atoms with van der Waals surface area (Å²) in [5.41, 5.74) is 1.22. The normalized spacial score (nSPS) is 20.6. The van der Waals surface area contributed by atoms with Gasteiger partial charge in [-0.05, 0) is 18.1 Å². The molecule has 0 aromatic rings. The number of carbonyl (C=O) groups is 2. The molecule has 0 atom stereocenters. The average Bonchev–Trinajstić information content (AvgIpc) is 2.10. The summed E-state index contributed by atoms with van der Waals surface area (Å²) in [6.07, 6.45) is 2.91. The maximum Gasteiger partial charge on any atom is 0.328 e. The van der Waals surface area contributed by atoms with E-state index in [-0.39, 0.29) is 12.2 Å². The van der Waals surface area contributed by atoms with E-state index in [0.29, 0.717) is 11.1 Å². The van der Waals surface area contributed by atoms with Crippen LogP contribution in [-0.2, 0) is 9.59 Å². The minimum Gasteiger partial charge on any atom is -0.478 e. The van der Waals surface area contributed by atoms with E-state index in [1.165, 1.54) is 0 Å². The average molecular weight is 152 g/mol. The van der Waals surface area contributed by atoms with Gasteiger partial charge in [0.15, 0.2) is 5.78 Å². The van der Waals surface area contributed by atoms with Crippen LogP contribution in [-0.4, -0.2) is 16.9 Å². The second kappa shape index (κ2) is 2.70. The molecule has 1 aliphatic carbocycles. The van der Waals surface area contributed by atoms with Gasteiger partial charge in [-0.2, -0.15) is 0 Å². The standard InChI is InChI=1S/C8H8O3/c1-5-2-6(3-7(5)9)4-8(10)11/h2,4H,3H2,1H3,(H,10,11)/b6-4-. The topological polar surface area (TPSA) is 54.4 Å². The molecule has 1 aliphatic rings. The van der Waals surface area contributed by atoms with Crippen LogP contribution in [0.5, 0.6) is 0 Å². The van der Waals surface area contributed by atoms with Crippen molar-refractivity contribution in [2.45, 2.75) is 13.3 Å². The van der Waals surface area contributed by atoms with Crippen LogP contribution < -0.4 is 0 Å². The van der Waals surface area contributed by atoms with Crippen molar-refractivity contribution in [2.75, 3.05) is 0 Å². The highest BCUT2D eigenvalue weighted by Gasteiger charge is 2.15. The van der Waals surface area contributed by atoms with Crippen molar-refractivity contribution in [3.8, 4) is 0 Å². The molecule has 0 aromatic heterocycles. The lowest BCUT2D eigenvalue weighted by molar-refractivity contribution is -0.131. The molecule has 0 spiro atoms. The number of rotatable bonds is 1. The predicted octanol–water partition coefficient (Wildman–Crippen LogP) is 0.917. The number of aliphatic carboxylic acids is 1. The van der Waals surface area contributed by atoms with Gasteiger partial charge in [-0.25, -0.2) is 4.79 Å². The van der Waals surface area contributed by atoms with E-state index in [2.05, 4.69) is 0 Å². The highest BCUT2D eigenvalue weighted by atomic mass is 16.4. The fourth-order valence-electron chi connectivity index (χ4n) is 0.986. The van der Waals surface area contributed by atoms with Crippen molar-refractivity contribution >= 4 is 11.8 Å². The van der Waals surface area contributed by atoms with Gasteiger partial charge in [-0.3, -0.25) is 4.79 Å². The Bertz CT molecular complexity index is 271. The van der Waals surface area contributed by atoms with E-state index in [4.69, 9.17) is 5.11 Å². The van der Waals surface area contributed by atoms with Crippen molar-refractivity contribution in [2.24, 2.45) is 0 Å². The van der Waals surface area contributed by atoms with Crippen molar-refractivity contribution in [1.29, 1.82) is 0 Å². The molecule has 1 rings (SSSR count). The number of hydrogen-bond acceptors (Lipinski definition) is 2. The Hall–Kier alpha value is -1.38. The minimum atomic E-state index is -1.00. The molecule has 0 unspecified atom stereocenters. The third-order valence-corrected chi connectivity index (χ3v) is 1.52. The van der Waals surface area contributed by atoms with E-state index >= 15 is 0 Å². The van der Waals surface area contributed by atoms with Crippen LogP contribution >= 0.6 is 0 Å². The zero-order valence-corrected chi connectivity index (χ0v) is 6.13. The smallest absolute Gasteiger partial charge is 0.328 e. The molecule has 0 amide bonds. The molecule has 58 valence electrons. The highest BCUT2D eigenvalue weighted by Crippen LogP contribution is 2.18. The van der Waals surface area contributed by atoms with Crippen LogP contribution in [0.1, 0.15) is 13.3 Å². The van der Waals surface area contributed by atoms with Gasteiger partial charge in [0.1, 0.15) is 0 Å². The third kappa shape index (κ3) is 1.77. The summed E-state index contributed by atoms with van der Waals surface area (Å²) in [6, 6.07) is 0. The van der Waals surface area contributed by atoms with Crippen LogP contribution in [0.25, 0.3) is 0 Å². The molecule has 0 saturated heterocycles. The predicted molar refractivity (Wildman–Crippen MR) is 39.1 cm³/mol. The molecule has 1 N–H and O–H groups in total. The van der Waals surface area contributed by atoms with Crippen LogP contribution in [0.15, 0.2) is 23.3 Å². The maximum absolute atomic E-state index is 10.9. The van der Waals surface area contributed by atoms with Gasteiger partial charge in [0.05, 0.1) is 0 Å². The molecule has 0 bridgehead atoms. The van der Waals surface area contributed by atoms with Crippen LogP contribution in [0.4, 0.5) is 0 Å². The molecular formula is C8H8O3. The lowest BCUT2D eigenvalue weighted by atomic mass is 10.2. The minimum absolute atomic E-state index is 0.0116. The third-order valence-electron chi connectivity index (χ3n) is 1.52. The second-order valence-electron chi connectivity index (χ2n) is 2.48. The first kappa shape index (κ1) is 7.72. The Balaban J connectivity index is 2.83. The Morgan fingerprint density at radius 2 is 2.36 bits per heavy atom. The van der Waals surface area contributed by atoms with Gasteiger partial charge in [0, 0.05) is 12.5 Å². The fraction of sp³-hybridized carbons (Fsp3) is 0.250. The largest absolute Gasteiger partial charge is 0.478 e. The lowest BCUT2D eigenvalue weighted by Crippen LogP contribution is -1.92. The zero-order chi connectivity index (χ0) is 8.43. The first-order valence-corrected chi connectivity index (χ1v) is 3.24. The summed E-state index contributed by atoms with van der Waals surface area (Å²) in [4.78, 5) is 21.0. The van der Waals surface area contributed by atoms with Crippen LogP contribution in [0.3, 0.4) is 0 Å². The number of carboxylic acid groups (broad SMARTS) is 1. The van der Waals surface area contributed by atoms with E-state index in [9.17, 15) is 9.59 Å². The van der Waals surface area contributed by atoms with Gasteiger partial charge in [-0.15, -0.1) is 0 Å². The molecule has 3 heteroatoms.